The van der Waals surface area contributed by atoms with Gasteiger partial charge >= 0.3 is 34.9 Å². The van der Waals surface area contributed by atoms with Crippen LogP contribution >= 0.6 is 0 Å². The molecule has 2 nitrogen and oxygen atoms in total. The van der Waals surface area contributed by atoms with Gasteiger partial charge < -0.3 is 40.3 Å². The quantitative estimate of drug-likeness (QED) is 0.533. The fourth-order valence-corrected chi connectivity index (χ4v) is 0. The molecule has 0 aromatic carbocycles. The van der Waals surface area contributed by atoms with Crippen molar-refractivity contribution in [1.29, 1.82) is 0 Å². The van der Waals surface area contributed by atoms with Crippen molar-refractivity contribution in [2.45, 2.75) is 6.92 Å². The van der Waals surface area contributed by atoms with Crippen molar-refractivity contribution in [3.05, 3.63) is 0 Å². The van der Waals surface area contributed by atoms with Crippen LogP contribution < -0.4 is 5.73 Å². The second kappa shape index (κ2) is 10.2. The SMILES string of the molecule is CC(N)=O.F[B-](F)(F)F.F[B-](F)(F)F.[Pd+2]. The molecule has 1 amide bonds. The predicted octanol–water partition coefficient (Wildman–Crippen LogP) is 2.09. The number of carbonyl (C=O) groups excluding carboxylic acids is 1. The third-order valence-electron chi connectivity index (χ3n) is 0. The summed E-state index contributed by atoms with van der Waals surface area (Å²) in [5.41, 5.74) is 4.47. The molecule has 0 bridgehead atoms. The van der Waals surface area contributed by atoms with Crippen molar-refractivity contribution in [2.24, 2.45) is 5.73 Å². The largest absolute Gasteiger partial charge is 2.00 e. The Labute approximate surface area is 93.4 Å². The van der Waals surface area contributed by atoms with E-state index in [1.807, 2.05) is 0 Å². The molecular formula is C2H5B2F8NOPd. The first-order chi connectivity index (χ1) is 5.73. The van der Waals surface area contributed by atoms with Gasteiger partial charge in [0.2, 0.25) is 5.91 Å². The Hall–Kier alpha value is -0.298. The van der Waals surface area contributed by atoms with E-state index in [-0.39, 0.29) is 26.3 Å². The fourth-order valence-electron chi connectivity index (χ4n) is 0. The summed E-state index contributed by atoms with van der Waals surface area (Å²) < 4.78 is 78.0. The van der Waals surface area contributed by atoms with Gasteiger partial charge in [-0.15, -0.1) is 0 Å². The van der Waals surface area contributed by atoms with Crippen molar-refractivity contribution in [3.63, 3.8) is 0 Å². The van der Waals surface area contributed by atoms with Gasteiger partial charge in [0.25, 0.3) is 0 Å². The molecule has 0 rings (SSSR count). The normalized spacial score (nSPS) is 9.67. The van der Waals surface area contributed by atoms with Gasteiger partial charge in [0, 0.05) is 6.92 Å². The zero-order valence-corrected chi connectivity index (χ0v) is 8.53. The molecule has 0 heterocycles. The molecule has 13 heteroatoms. The fraction of sp³-hybridized carbons (Fsp3) is 0.500. The van der Waals surface area contributed by atoms with Crippen molar-refractivity contribution < 1.29 is 59.7 Å². The molecule has 0 aromatic rings. The number of amides is 1. The summed E-state index contributed by atoms with van der Waals surface area (Å²) in [5.74, 6) is -0.333. The first-order valence-electron chi connectivity index (χ1n) is 2.74. The minimum atomic E-state index is -6.00. The molecule has 0 atom stereocenters. The van der Waals surface area contributed by atoms with Crippen LogP contribution in [-0.4, -0.2) is 20.4 Å². The maximum absolute atomic E-state index is 9.75. The standard InChI is InChI=1S/C2H5NO.2BF4.Pd/c1-2(3)4;2*2-1(3,4)5;/h1H3,(H2,3,4);;;/q;2*-1;+2. The molecule has 0 aliphatic carbocycles. The van der Waals surface area contributed by atoms with Crippen LogP contribution in [-0.2, 0) is 25.2 Å². The zero-order valence-electron chi connectivity index (χ0n) is 6.98. The van der Waals surface area contributed by atoms with E-state index in [9.17, 15) is 39.3 Å². The Morgan fingerprint density at radius 3 is 0.867 bits per heavy atom. The Bertz CT molecular complexity index is 130. The summed E-state index contributed by atoms with van der Waals surface area (Å²) in [4.78, 5) is 9.22. The number of rotatable bonds is 0. The summed E-state index contributed by atoms with van der Waals surface area (Å²) in [7, 11) is -12.0. The van der Waals surface area contributed by atoms with E-state index in [1.165, 1.54) is 6.92 Å². The van der Waals surface area contributed by atoms with Crippen molar-refractivity contribution in [1.82, 2.24) is 0 Å². The molecule has 0 aliphatic rings. The average Bonchev–Trinajstić information content (AvgIpc) is 1.45. The van der Waals surface area contributed by atoms with Gasteiger partial charge in [-0.2, -0.15) is 0 Å². The maximum Gasteiger partial charge on any atom is 2.00 e. The van der Waals surface area contributed by atoms with Gasteiger partial charge in [0.1, 0.15) is 0 Å². The Balaban J connectivity index is -0.0000000590. The maximum atomic E-state index is 9.75. The monoisotopic (exact) mass is 339 g/mol. The smallest absolute Gasteiger partial charge is 0.418 e. The first-order valence-corrected chi connectivity index (χ1v) is 2.74. The summed E-state index contributed by atoms with van der Waals surface area (Å²) in [6.45, 7) is 1.31. The summed E-state index contributed by atoms with van der Waals surface area (Å²) in [5, 5.41) is 0. The van der Waals surface area contributed by atoms with Crippen LogP contribution in [0.25, 0.3) is 0 Å². The molecule has 0 aliphatic heterocycles. The Kier molecular flexibility index (Phi) is 16.4. The summed E-state index contributed by atoms with van der Waals surface area (Å²) in [6, 6.07) is 0. The van der Waals surface area contributed by atoms with E-state index in [2.05, 4.69) is 5.73 Å². The van der Waals surface area contributed by atoms with Crippen molar-refractivity contribution >= 4 is 20.4 Å². The van der Waals surface area contributed by atoms with Crippen molar-refractivity contribution in [2.75, 3.05) is 0 Å². The van der Waals surface area contributed by atoms with E-state index < -0.39 is 14.5 Å². The van der Waals surface area contributed by atoms with Crippen LogP contribution in [0, 0.1) is 0 Å². The molecule has 0 fully saturated rings. The van der Waals surface area contributed by atoms with E-state index in [1.54, 1.807) is 0 Å². The third kappa shape index (κ3) is 21200. The minimum absolute atomic E-state index is 0. The van der Waals surface area contributed by atoms with Gasteiger partial charge in [-0.05, 0) is 0 Å². The molecule has 0 saturated heterocycles. The van der Waals surface area contributed by atoms with E-state index in [0.717, 1.165) is 0 Å². The van der Waals surface area contributed by atoms with Crippen LogP contribution in [0.15, 0.2) is 0 Å². The van der Waals surface area contributed by atoms with Crippen LogP contribution in [0.5, 0.6) is 0 Å². The molecule has 0 spiro atoms. The molecule has 0 radical (unpaired) electrons. The van der Waals surface area contributed by atoms with Crippen LogP contribution in [0.4, 0.5) is 34.5 Å². The average molecular weight is 339 g/mol. The second-order valence-electron chi connectivity index (χ2n) is 1.60. The first kappa shape index (κ1) is 24.1. The van der Waals surface area contributed by atoms with Gasteiger partial charge in [0.05, 0.1) is 0 Å². The minimum Gasteiger partial charge on any atom is -0.418 e. The van der Waals surface area contributed by atoms with Gasteiger partial charge in [-0.1, -0.05) is 0 Å². The Morgan fingerprint density at radius 2 is 0.867 bits per heavy atom. The van der Waals surface area contributed by atoms with Crippen molar-refractivity contribution in [3.8, 4) is 0 Å². The molecule has 0 aromatic heterocycles. The summed E-state index contributed by atoms with van der Waals surface area (Å²) >= 11 is 0. The van der Waals surface area contributed by atoms with E-state index in [4.69, 9.17) is 0 Å². The van der Waals surface area contributed by atoms with Crippen LogP contribution in [0.1, 0.15) is 6.92 Å². The molecule has 0 unspecified atom stereocenters. The molecule has 15 heavy (non-hydrogen) atoms. The molecule has 96 valence electrons. The molecular weight excluding hydrogens is 334 g/mol. The number of halogens is 8. The number of carbonyl (C=O) groups is 1. The van der Waals surface area contributed by atoms with Gasteiger partial charge in [-0.3, -0.25) is 4.79 Å². The number of hydrogen-bond acceptors (Lipinski definition) is 1. The second-order valence-corrected chi connectivity index (χ2v) is 1.60. The van der Waals surface area contributed by atoms with E-state index in [0.29, 0.717) is 0 Å². The third-order valence-corrected chi connectivity index (χ3v) is 0. The Morgan fingerprint density at radius 1 is 0.867 bits per heavy atom. The molecule has 0 saturated carbocycles. The number of hydrogen-bond donors (Lipinski definition) is 1. The van der Waals surface area contributed by atoms with Crippen LogP contribution in [0.3, 0.4) is 0 Å². The van der Waals surface area contributed by atoms with Gasteiger partial charge in [0.15, 0.2) is 0 Å². The van der Waals surface area contributed by atoms with E-state index >= 15 is 0 Å². The summed E-state index contributed by atoms with van der Waals surface area (Å²) in [6.07, 6.45) is 0. The topological polar surface area (TPSA) is 43.1 Å². The zero-order chi connectivity index (χ0) is 12.6. The van der Waals surface area contributed by atoms with Gasteiger partial charge in [-0.25, -0.2) is 0 Å². The molecule has 2 N–H and O–H groups in total. The predicted molar refractivity (Wildman–Crippen MR) is 35.2 cm³/mol. The number of nitrogens with two attached hydrogens (primary N) is 1. The number of primary amides is 1. The van der Waals surface area contributed by atoms with Crippen LogP contribution in [0.2, 0.25) is 0 Å².